The summed E-state index contributed by atoms with van der Waals surface area (Å²) >= 11 is 3.50. The number of nitrogens with one attached hydrogen (secondary N) is 2. The summed E-state index contributed by atoms with van der Waals surface area (Å²) in [4.78, 5) is 8.72. The molecule has 0 radical (unpaired) electrons. The summed E-state index contributed by atoms with van der Waals surface area (Å²) in [7, 11) is 0. The number of rotatable bonds is 4. The van der Waals surface area contributed by atoms with Gasteiger partial charge in [0.15, 0.2) is 11.5 Å². The molecule has 1 aliphatic heterocycles. The summed E-state index contributed by atoms with van der Waals surface area (Å²) in [6.45, 7) is 0.256. The second-order valence-electron chi connectivity index (χ2n) is 5.06. The van der Waals surface area contributed by atoms with E-state index < -0.39 is 0 Å². The summed E-state index contributed by atoms with van der Waals surface area (Å²) in [6.07, 6.45) is 1.70. The van der Waals surface area contributed by atoms with Crippen molar-refractivity contribution in [2.75, 3.05) is 17.4 Å². The maximum absolute atomic E-state index is 5.38. The van der Waals surface area contributed by atoms with Crippen molar-refractivity contribution in [3.8, 4) is 11.5 Å². The van der Waals surface area contributed by atoms with Crippen molar-refractivity contribution in [1.82, 2.24) is 9.97 Å². The molecule has 4 rings (SSSR count). The number of ether oxygens (including phenoxy) is 2. The van der Waals surface area contributed by atoms with Crippen molar-refractivity contribution in [1.29, 1.82) is 0 Å². The van der Waals surface area contributed by atoms with Gasteiger partial charge in [0.1, 0.15) is 5.82 Å². The van der Waals surface area contributed by atoms with Gasteiger partial charge in [-0.15, -0.1) is 0 Å². The van der Waals surface area contributed by atoms with Crippen molar-refractivity contribution in [3.05, 3.63) is 59.2 Å². The van der Waals surface area contributed by atoms with Crippen LogP contribution in [0.4, 0.5) is 23.1 Å². The fourth-order valence-corrected chi connectivity index (χ4v) is 2.68. The van der Waals surface area contributed by atoms with E-state index in [0.29, 0.717) is 11.8 Å². The number of benzene rings is 2. The van der Waals surface area contributed by atoms with Crippen molar-refractivity contribution in [2.45, 2.75) is 0 Å². The molecule has 0 aliphatic carbocycles. The molecule has 0 amide bonds. The average Bonchev–Trinajstić information content (AvgIpc) is 3.05. The molecule has 2 heterocycles. The molecule has 0 saturated heterocycles. The second-order valence-corrected chi connectivity index (χ2v) is 5.92. The zero-order valence-corrected chi connectivity index (χ0v) is 14.1. The van der Waals surface area contributed by atoms with Gasteiger partial charge in [-0.2, -0.15) is 4.98 Å². The van der Waals surface area contributed by atoms with Crippen LogP contribution in [0.5, 0.6) is 11.5 Å². The Kier molecular flexibility index (Phi) is 3.92. The first-order chi connectivity index (χ1) is 11.8. The molecular formula is C17H13BrN4O2. The van der Waals surface area contributed by atoms with Crippen molar-refractivity contribution in [2.24, 2.45) is 0 Å². The quantitative estimate of drug-likeness (QED) is 0.692. The monoisotopic (exact) mass is 384 g/mol. The van der Waals surface area contributed by atoms with E-state index in [0.717, 1.165) is 27.3 Å². The first-order valence-electron chi connectivity index (χ1n) is 7.29. The zero-order chi connectivity index (χ0) is 16.4. The van der Waals surface area contributed by atoms with Gasteiger partial charge in [0, 0.05) is 22.4 Å². The smallest absolute Gasteiger partial charge is 0.231 e. The fourth-order valence-electron chi connectivity index (χ4n) is 2.29. The molecule has 6 nitrogen and oxygen atoms in total. The summed E-state index contributed by atoms with van der Waals surface area (Å²) in [5, 5.41) is 6.42. The summed E-state index contributed by atoms with van der Waals surface area (Å²) in [5.41, 5.74) is 1.77. The lowest BCUT2D eigenvalue weighted by Gasteiger charge is -2.10. The van der Waals surface area contributed by atoms with Crippen LogP contribution in [0, 0.1) is 0 Å². The number of anilines is 4. The predicted molar refractivity (Wildman–Crippen MR) is 95.3 cm³/mol. The minimum absolute atomic E-state index is 0.256. The van der Waals surface area contributed by atoms with Gasteiger partial charge in [0.25, 0.3) is 0 Å². The summed E-state index contributed by atoms with van der Waals surface area (Å²) in [5.74, 6) is 2.66. The SMILES string of the molecule is Brc1ccccc1Nc1nccc(Nc2ccc3c(c2)OCO3)n1. The van der Waals surface area contributed by atoms with Gasteiger partial charge in [-0.05, 0) is 46.3 Å². The lowest BCUT2D eigenvalue weighted by atomic mass is 10.3. The van der Waals surface area contributed by atoms with Crippen LogP contribution in [0.25, 0.3) is 0 Å². The molecule has 120 valence electrons. The molecule has 0 bridgehead atoms. The molecule has 0 atom stereocenters. The van der Waals surface area contributed by atoms with Gasteiger partial charge >= 0.3 is 0 Å². The first kappa shape index (κ1) is 14.8. The number of para-hydroxylation sites is 1. The molecule has 0 fully saturated rings. The molecule has 1 aliphatic rings. The van der Waals surface area contributed by atoms with Crippen LogP contribution >= 0.6 is 15.9 Å². The highest BCUT2D eigenvalue weighted by Crippen LogP contribution is 2.35. The summed E-state index contributed by atoms with van der Waals surface area (Å²) < 4.78 is 11.6. The zero-order valence-electron chi connectivity index (χ0n) is 12.5. The van der Waals surface area contributed by atoms with Crippen LogP contribution in [0.15, 0.2) is 59.2 Å². The highest BCUT2D eigenvalue weighted by molar-refractivity contribution is 9.10. The Morgan fingerprint density at radius 3 is 2.75 bits per heavy atom. The van der Waals surface area contributed by atoms with Crippen LogP contribution in [0.3, 0.4) is 0 Å². The molecule has 2 N–H and O–H groups in total. The number of aromatic nitrogens is 2. The molecule has 3 aromatic rings. The topological polar surface area (TPSA) is 68.3 Å². The first-order valence-corrected chi connectivity index (χ1v) is 8.08. The van der Waals surface area contributed by atoms with E-state index in [-0.39, 0.29) is 6.79 Å². The molecule has 7 heteroatoms. The predicted octanol–water partition coefficient (Wildman–Crippen LogP) is 4.46. The number of nitrogens with zero attached hydrogens (tertiary/aromatic N) is 2. The molecular weight excluding hydrogens is 372 g/mol. The van der Waals surface area contributed by atoms with E-state index in [4.69, 9.17) is 9.47 Å². The van der Waals surface area contributed by atoms with Crippen molar-refractivity contribution in [3.63, 3.8) is 0 Å². The van der Waals surface area contributed by atoms with Gasteiger partial charge in [0.05, 0.1) is 5.69 Å². The number of fused-ring (bicyclic) bond motifs is 1. The number of hydrogen-bond acceptors (Lipinski definition) is 6. The molecule has 0 unspecified atom stereocenters. The van der Waals surface area contributed by atoms with E-state index in [1.165, 1.54) is 0 Å². The number of halogens is 1. The molecule has 0 spiro atoms. The Morgan fingerprint density at radius 2 is 1.83 bits per heavy atom. The third kappa shape index (κ3) is 3.11. The van der Waals surface area contributed by atoms with Crippen LogP contribution < -0.4 is 20.1 Å². The molecule has 2 aromatic carbocycles. The lowest BCUT2D eigenvalue weighted by molar-refractivity contribution is 0.174. The molecule has 24 heavy (non-hydrogen) atoms. The third-order valence-electron chi connectivity index (χ3n) is 3.42. The van der Waals surface area contributed by atoms with Crippen LogP contribution in [0.2, 0.25) is 0 Å². The van der Waals surface area contributed by atoms with Gasteiger partial charge in [-0.25, -0.2) is 4.98 Å². The largest absolute Gasteiger partial charge is 0.454 e. The number of hydrogen-bond donors (Lipinski definition) is 2. The van der Waals surface area contributed by atoms with Crippen molar-refractivity contribution < 1.29 is 9.47 Å². The Balaban J connectivity index is 1.53. The van der Waals surface area contributed by atoms with E-state index >= 15 is 0 Å². The Bertz CT molecular complexity index is 888. The van der Waals surface area contributed by atoms with E-state index in [1.807, 2.05) is 42.5 Å². The van der Waals surface area contributed by atoms with Gasteiger partial charge in [-0.1, -0.05) is 12.1 Å². The van der Waals surface area contributed by atoms with Gasteiger partial charge in [0.2, 0.25) is 12.7 Å². The lowest BCUT2D eigenvalue weighted by Crippen LogP contribution is -2.00. The maximum atomic E-state index is 5.38. The van der Waals surface area contributed by atoms with Gasteiger partial charge < -0.3 is 20.1 Å². The van der Waals surface area contributed by atoms with Crippen molar-refractivity contribution >= 4 is 39.1 Å². The normalized spacial score (nSPS) is 12.0. The Hall–Kier alpha value is -2.80. The molecule has 1 aromatic heterocycles. The minimum atomic E-state index is 0.256. The molecule has 0 saturated carbocycles. The average molecular weight is 385 g/mol. The summed E-state index contributed by atoms with van der Waals surface area (Å²) in [6, 6.07) is 15.3. The van der Waals surface area contributed by atoms with Crippen LogP contribution in [-0.2, 0) is 0 Å². The van der Waals surface area contributed by atoms with E-state index in [2.05, 4.69) is 36.5 Å². The minimum Gasteiger partial charge on any atom is -0.454 e. The van der Waals surface area contributed by atoms with E-state index in [1.54, 1.807) is 12.3 Å². The standard InChI is InChI=1S/C17H13BrN4O2/c18-12-3-1-2-4-13(12)21-17-19-8-7-16(22-17)20-11-5-6-14-15(9-11)24-10-23-14/h1-9H,10H2,(H2,19,20,21,22). The second kappa shape index (κ2) is 6.37. The van der Waals surface area contributed by atoms with Gasteiger partial charge in [-0.3, -0.25) is 0 Å². The Labute approximate surface area is 147 Å². The Morgan fingerprint density at radius 1 is 0.958 bits per heavy atom. The van der Waals surface area contributed by atoms with Crippen LogP contribution in [0.1, 0.15) is 0 Å². The van der Waals surface area contributed by atoms with Crippen LogP contribution in [-0.4, -0.2) is 16.8 Å². The maximum Gasteiger partial charge on any atom is 0.231 e. The van der Waals surface area contributed by atoms with E-state index in [9.17, 15) is 0 Å². The third-order valence-corrected chi connectivity index (χ3v) is 4.11. The fraction of sp³-hybridized carbons (Fsp3) is 0.0588. The highest BCUT2D eigenvalue weighted by atomic mass is 79.9. The highest BCUT2D eigenvalue weighted by Gasteiger charge is 2.13.